The van der Waals surface area contributed by atoms with Crippen molar-refractivity contribution in [2.75, 3.05) is 33.9 Å². The molecule has 1 aromatic carbocycles. The van der Waals surface area contributed by atoms with Crippen molar-refractivity contribution < 1.29 is 13.9 Å². The minimum absolute atomic E-state index is 0. The van der Waals surface area contributed by atoms with Gasteiger partial charge in [0.15, 0.2) is 5.96 Å². The van der Waals surface area contributed by atoms with Crippen LogP contribution < -0.4 is 16.0 Å². The number of halogens is 2. The van der Waals surface area contributed by atoms with Gasteiger partial charge in [0, 0.05) is 27.2 Å². The first-order valence-electron chi connectivity index (χ1n) is 7.02. The Labute approximate surface area is 153 Å². The molecule has 3 N–H and O–H groups in total. The van der Waals surface area contributed by atoms with Gasteiger partial charge in [-0.3, -0.25) is 9.79 Å². The molecule has 0 atom stereocenters. The van der Waals surface area contributed by atoms with Gasteiger partial charge in [0.05, 0.1) is 13.2 Å². The average Bonchev–Trinajstić information content (AvgIpc) is 2.51. The second-order valence-electron chi connectivity index (χ2n) is 4.71. The molecule has 0 saturated heterocycles. The van der Waals surface area contributed by atoms with Crippen LogP contribution in [0.15, 0.2) is 23.2 Å². The molecule has 1 aromatic rings. The normalized spacial score (nSPS) is 10.7. The minimum Gasteiger partial charge on any atom is -0.383 e. The summed E-state index contributed by atoms with van der Waals surface area (Å²) >= 11 is 0. The van der Waals surface area contributed by atoms with E-state index in [1.54, 1.807) is 33.2 Å². The third kappa shape index (κ3) is 8.70. The summed E-state index contributed by atoms with van der Waals surface area (Å²) in [7, 11) is 3.20. The number of rotatable bonds is 7. The van der Waals surface area contributed by atoms with E-state index in [9.17, 15) is 9.18 Å². The smallest absolute Gasteiger partial charge is 0.239 e. The maximum absolute atomic E-state index is 13.2. The molecule has 0 fully saturated rings. The summed E-state index contributed by atoms with van der Waals surface area (Å²) in [5.74, 6) is 0.139. The summed E-state index contributed by atoms with van der Waals surface area (Å²) in [6.45, 7) is 3.27. The van der Waals surface area contributed by atoms with E-state index in [0.717, 1.165) is 5.56 Å². The maximum Gasteiger partial charge on any atom is 0.239 e. The van der Waals surface area contributed by atoms with Crippen LogP contribution in [0, 0.1) is 12.7 Å². The molecular formula is C15H24FIN4O2. The summed E-state index contributed by atoms with van der Waals surface area (Å²) in [6.07, 6.45) is 0. The number of amides is 1. The van der Waals surface area contributed by atoms with Gasteiger partial charge < -0.3 is 20.7 Å². The predicted molar refractivity (Wildman–Crippen MR) is 99.6 cm³/mol. The van der Waals surface area contributed by atoms with Crippen LogP contribution in [-0.4, -0.2) is 45.7 Å². The van der Waals surface area contributed by atoms with Gasteiger partial charge in [-0.2, -0.15) is 0 Å². The molecule has 1 amide bonds. The number of hydrogen-bond acceptors (Lipinski definition) is 3. The molecule has 23 heavy (non-hydrogen) atoms. The van der Waals surface area contributed by atoms with Crippen LogP contribution in [-0.2, 0) is 16.1 Å². The topological polar surface area (TPSA) is 74.8 Å². The number of carbonyl (C=O) groups is 1. The van der Waals surface area contributed by atoms with Crippen molar-refractivity contribution >= 4 is 35.8 Å². The van der Waals surface area contributed by atoms with Gasteiger partial charge >= 0.3 is 0 Å². The first-order chi connectivity index (χ1) is 10.6. The maximum atomic E-state index is 13.2. The van der Waals surface area contributed by atoms with Gasteiger partial charge in [-0.1, -0.05) is 12.1 Å². The zero-order chi connectivity index (χ0) is 16.4. The molecule has 0 aliphatic rings. The highest BCUT2D eigenvalue weighted by molar-refractivity contribution is 14.0. The van der Waals surface area contributed by atoms with E-state index in [0.29, 0.717) is 31.2 Å². The first kappa shape index (κ1) is 21.6. The number of guanidine groups is 1. The molecule has 0 bridgehead atoms. The zero-order valence-corrected chi connectivity index (χ0v) is 15.9. The summed E-state index contributed by atoms with van der Waals surface area (Å²) < 4.78 is 18.0. The highest BCUT2D eigenvalue weighted by atomic mass is 127. The highest BCUT2D eigenvalue weighted by Gasteiger charge is 2.04. The Morgan fingerprint density at radius 3 is 2.65 bits per heavy atom. The summed E-state index contributed by atoms with van der Waals surface area (Å²) in [4.78, 5) is 15.6. The molecule has 0 radical (unpaired) electrons. The Morgan fingerprint density at radius 2 is 2.04 bits per heavy atom. The molecule has 0 spiro atoms. The highest BCUT2D eigenvalue weighted by Crippen LogP contribution is 2.08. The zero-order valence-electron chi connectivity index (χ0n) is 13.6. The van der Waals surface area contributed by atoms with Gasteiger partial charge in [-0.05, 0) is 24.1 Å². The molecule has 6 nitrogen and oxygen atoms in total. The summed E-state index contributed by atoms with van der Waals surface area (Å²) in [5.41, 5.74) is 1.53. The minimum atomic E-state index is -0.223. The van der Waals surface area contributed by atoms with Crippen LogP contribution in [0.25, 0.3) is 0 Å². The number of nitrogens with zero attached hydrogens (tertiary/aromatic N) is 1. The molecule has 0 aromatic heterocycles. The molecule has 0 aliphatic carbocycles. The van der Waals surface area contributed by atoms with E-state index in [1.165, 1.54) is 6.07 Å². The third-order valence-electron chi connectivity index (χ3n) is 2.95. The number of hydrogen-bond donors (Lipinski definition) is 3. The fourth-order valence-corrected chi connectivity index (χ4v) is 1.74. The average molecular weight is 438 g/mol. The quantitative estimate of drug-likeness (QED) is 0.259. The van der Waals surface area contributed by atoms with Crippen LogP contribution in [0.3, 0.4) is 0 Å². The second kappa shape index (κ2) is 12.1. The van der Waals surface area contributed by atoms with Crippen molar-refractivity contribution in [2.45, 2.75) is 13.5 Å². The molecule has 0 heterocycles. The van der Waals surface area contributed by atoms with E-state index in [-0.39, 0.29) is 42.2 Å². The fraction of sp³-hybridized carbons (Fsp3) is 0.467. The number of carbonyl (C=O) groups excluding carboxylic acids is 1. The van der Waals surface area contributed by atoms with Crippen LogP contribution in [0.2, 0.25) is 0 Å². The molecule has 0 unspecified atom stereocenters. The number of ether oxygens (including phenoxy) is 1. The van der Waals surface area contributed by atoms with Crippen molar-refractivity contribution in [3.05, 3.63) is 35.1 Å². The lowest BCUT2D eigenvalue weighted by molar-refractivity contribution is -0.120. The van der Waals surface area contributed by atoms with Gasteiger partial charge in [-0.25, -0.2) is 4.39 Å². The van der Waals surface area contributed by atoms with Crippen LogP contribution >= 0.6 is 24.0 Å². The standard InChI is InChI=1S/C15H23FN4O2.HI/c1-11-8-12(4-5-13(11)16)9-19-15(17-2)20-10-14(21)18-6-7-22-3;/h4-5,8H,6-7,9-10H2,1-3H3,(H,18,21)(H2,17,19,20);1H. The van der Waals surface area contributed by atoms with E-state index >= 15 is 0 Å². The van der Waals surface area contributed by atoms with Crippen molar-refractivity contribution in [1.82, 2.24) is 16.0 Å². The Kier molecular flexibility index (Phi) is 11.3. The van der Waals surface area contributed by atoms with Crippen LogP contribution in [0.1, 0.15) is 11.1 Å². The molecular weight excluding hydrogens is 414 g/mol. The lowest BCUT2D eigenvalue weighted by atomic mass is 10.1. The fourth-order valence-electron chi connectivity index (χ4n) is 1.74. The molecule has 8 heteroatoms. The number of methoxy groups -OCH3 is 1. The van der Waals surface area contributed by atoms with Crippen molar-refractivity contribution in [3.63, 3.8) is 0 Å². The lowest BCUT2D eigenvalue weighted by Crippen LogP contribution is -2.43. The van der Waals surface area contributed by atoms with E-state index < -0.39 is 0 Å². The molecule has 1 rings (SSSR count). The molecule has 0 saturated carbocycles. The van der Waals surface area contributed by atoms with E-state index in [2.05, 4.69) is 20.9 Å². The van der Waals surface area contributed by atoms with Crippen molar-refractivity contribution in [3.8, 4) is 0 Å². The van der Waals surface area contributed by atoms with Gasteiger partial charge in [0.2, 0.25) is 5.91 Å². The van der Waals surface area contributed by atoms with Gasteiger partial charge in [0.25, 0.3) is 0 Å². The van der Waals surface area contributed by atoms with Crippen LogP contribution in [0.4, 0.5) is 4.39 Å². The van der Waals surface area contributed by atoms with E-state index in [1.807, 2.05) is 0 Å². The molecule has 130 valence electrons. The number of aliphatic imine (C=N–C) groups is 1. The predicted octanol–water partition coefficient (Wildman–Crippen LogP) is 1.18. The third-order valence-corrected chi connectivity index (χ3v) is 2.95. The number of benzene rings is 1. The number of nitrogens with one attached hydrogen (secondary N) is 3. The number of aryl methyl sites for hydroxylation is 1. The Bertz CT molecular complexity index is 526. The lowest BCUT2D eigenvalue weighted by Gasteiger charge is -2.12. The second-order valence-corrected chi connectivity index (χ2v) is 4.71. The Balaban J connectivity index is 0.00000484. The summed E-state index contributed by atoms with van der Waals surface area (Å²) in [6, 6.07) is 4.92. The largest absolute Gasteiger partial charge is 0.383 e. The Morgan fingerprint density at radius 1 is 1.30 bits per heavy atom. The van der Waals surface area contributed by atoms with Gasteiger partial charge in [0.1, 0.15) is 5.82 Å². The molecule has 0 aliphatic heterocycles. The van der Waals surface area contributed by atoms with Gasteiger partial charge in [-0.15, -0.1) is 24.0 Å². The monoisotopic (exact) mass is 438 g/mol. The van der Waals surface area contributed by atoms with Crippen molar-refractivity contribution in [2.24, 2.45) is 4.99 Å². The SMILES string of the molecule is CN=C(NCC(=O)NCCOC)NCc1ccc(F)c(C)c1.I. The summed E-state index contributed by atoms with van der Waals surface area (Å²) in [5, 5.41) is 8.67. The van der Waals surface area contributed by atoms with Crippen molar-refractivity contribution in [1.29, 1.82) is 0 Å². The first-order valence-corrected chi connectivity index (χ1v) is 7.02. The van der Waals surface area contributed by atoms with E-state index in [4.69, 9.17) is 4.74 Å². The Hall–Kier alpha value is -1.42. The van der Waals surface area contributed by atoms with Crippen LogP contribution in [0.5, 0.6) is 0 Å².